The van der Waals surface area contributed by atoms with E-state index in [4.69, 9.17) is 0 Å². The summed E-state index contributed by atoms with van der Waals surface area (Å²) >= 11 is 0. The number of allylic oxidation sites excluding steroid dienone is 2. The molecule has 2 bridgehead atoms. The molecule has 2 fully saturated rings. The summed E-state index contributed by atoms with van der Waals surface area (Å²) in [5, 5.41) is 0. The molecule has 2 rings (SSSR count). The first-order chi connectivity index (χ1) is 7.03. The van der Waals surface area contributed by atoms with Crippen LogP contribution in [0, 0.1) is 17.3 Å². The van der Waals surface area contributed by atoms with Gasteiger partial charge in [-0.05, 0) is 30.1 Å². The first-order valence-corrected chi connectivity index (χ1v) is 6.33. The summed E-state index contributed by atoms with van der Waals surface area (Å²) in [6.07, 6.45) is 8.87. The minimum absolute atomic E-state index is 0.396. The molecule has 2 unspecified atom stereocenters. The normalized spacial score (nSPS) is 34.0. The molecule has 1 aliphatic heterocycles. The summed E-state index contributed by atoms with van der Waals surface area (Å²) in [5.41, 5.74) is 1.92. The third-order valence-corrected chi connectivity index (χ3v) is 4.56. The second-order valence-corrected chi connectivity index (χ2v) is 6.27. The van der Waals surface area contributed by atoms with Gasteiger partial charge in [-0.2, -0.15) is 0 Å². The van der Waals surface area contributed by atoms with Crippen molar-refractivity contribution < 1.29 is 0 Å². The summed E-state index contributed by atoms with van der Waals surface area (Å²) in [6, 6.07) is 0. The molecule has 82 valence electrons. The molecule has 2 aliphatic rings. The molecule has 0 radical (unpaired) electrons. The predicted molar refractivity (Wildman–Crippen MR) is 69.5 cm³/mol. The smallest absolute Gasteiger partial charge is 0.104 e. The van der Waals surface area contributed by atoms with E-state index in [9.17, 15) is 0 Å². The first-order valence-electron chi connectivity index (χ1n) is 6.33. The molecule has 0 aromatic heterocycles. The van der Waals surface area contributed by atoms with Crippen LogP contribution in [0.1, 0.15) is 26.7 Å². The van der Waals surface area contributed by atoms with Crippen LogP contribution in [0.5, 0.6) is 0 Å². The second kappa shape index (κ2) is 3.85. The Hall–Kier alpha value is -0.455. The fraction of sp³-hybridized carbons (Fsp3) is 0.714. The Morgan fingerprint density at radius 3 is 2.87 bits per heavy atom. The van der Waals surface area contributed by atoms with Crippen LogP contribution in [0.25, 0.3) is 0 Å². The zero-order chi connectivity index (χ0) is 11.1. The van der Waals surface area contributed by atoms with Gasteiger partial charge in [0.2, 0.25) is 0 Å². The van der Waals surface area contributed by atoms with Gasteiger partial charge in [0, 0.05) is 0 Å². The standard InChI is InChI=1S/C14H23B/c1-5-6-15-9-12-7-13(10-15)11(2)14(3,4)8-12/h5,12-13H,1-2,6-10H2,3-4H3. The lowest BCUT2D eigenvalue weighted by Gasteiger charge is -2.47. The maximum atomic E-state index is 4.36. The maximum Gasteiger partial charge on any atom is 0.144 e. The predicted octanol–water partition coefficient (Wildman–Crippen LogP) is 4.29. The summed E-state index contributed by atoms with van der Waals surface area (Å²) in [6.45, 7) is 13.9. The number of hydrogen-bond acceptors (Lipinski definition) is 0. The van der Waals surface area contributed by atoms with Crippen LogP contribution in [0.4, 0.5) is 0 Å². The Bertz CT molecular complexity index is 277. The lowest BCUT2D eigenvalue weighted by Crippen LogP contribution is -2.39. The van der Waals surface area contributed by atoms with Crippen LogP contribution in [0.3, 0.4) is 0 Å². The van der Waals surface area contributed by atoms with Gasteiger partial charge in [-0.1, -0.05) is 51.0 Å². The zero-order valence-corrected chi connectivity index (χ0v) is 10.3. The zero-order valence-electron chi connectivity index (χ0n) is 10.3. The van der Waals surface area contributed by atoms with Crippen molar-refractivity contribution in [2.75, 3.05) is 0 Å². The van der Waals surface area contributed by atoms with Gasteiger partial charge in [0.05, 0.1) is 0 Å². The van der Waals surface area contributed by atoms with Gasteiger partial charge < -0.3 is 0 Å². The minimum atomic E-state index is 0.396. The van der Waals surface area contributed by atoms with Gasteiger partial charge in [-0.3, -0.25) is 0 Å². The second-order valence-electron chi connectivity index (χ2n) is 6.27. The molecule has 1 heteroatoms. The highest BCUT2D eigenvalue weighted by atomic mass is 14.4. The highest BCUT2D eigenvalue weighted by Gasteiger charge is 2.42. The molecule has 0 nitrogen and oxygen atoms in total. The summed E-state index contributed by atoms with van der Waals surface area (Å²) < 4.78 is 0. The van der Waals surface area contributed by atoms with E-state index in [0.717, 1.165) is 18.5 Å². The summed E-state index contributed by atoms with van der Waals surface area (Å²) in [7, 11) is 0. The van der Waals surface area contributed by atoms with Gasteiger partial charge in [0.25, 0.3) is 0 Å². The number of fused-ring (bicyclic) bond motifs is 2. The van der Waals surface area contributed by atoms with E-state index in [1.54, 1.807) is 0 Å². The van der Waals surface area contributed by atoms with Crippen LogP contribution >= 0.6 is 0 Å². The number of rotatable bonds is 2. The quantitative estimate of drug-likeness (QED) is 0.462. The van der Waals surface area contributed by atoms with Crippen molar-refractivity contribution in [1.82, 2.24) is 0 Å². The summed E-state index contributed by atoms with van der Waals surface area (Å²) in [4.78, 5) is 0. The Labute approximate surface area is 94.9 Å². The van der Waals surface area contributed by atoms with Gasteiger partial charge in [-0.15, -0.1) is 6.58 Å². The van der Waals surface area contributed by atoms with Crippen molar-refractivity contribution in [3.63, 3.8) is 0 Å². The van der Waals surface area contributed by atoms with E-state index < -0.39 is 0 Å². The maximum absolute atomic E-state index is 4.36. The lowest BCUT2D eigenvalue weighted by atomic mass is 9.33. The highest BCUT2D eigenvalue weighted by Crippen LogP contribution is 2.51. The SMILES string of the molecule is C=CCB1CC2CC(C1)C(=C)C(C)(C)C2. The van der Waals surface area contributed by atoms with Crippen molar-refractivity contribution in [3.8, 4) is 0 Å². The molecule has 15 heavy (non-hydrogen) atoms. The van der Waals surface area contributed by atoms with Gasteiger partial charge in [0.15, 0.2) is 0 Å². The van der Waals surface area contributed by atoms with E-state index in [0.29, 0.717) is 5.41 Å². The van der Waals surface area contributed by atoms with E-state index in [-0.39, 0.29) is 0 Å². The van der Waals surface area contributed by atoms with Gasteiger partial charge in [-0.25, -0.2) is 0 Å². The van der Waals surface area contributed by atoms with Crippen molar-refractivity contribution in [1.29, 1.82) is 0 Å². The van der Waals surface area contributed by atoms with E-state index in [2.05, 4.69) is 33.1 Å². The summed E-state index contributed by atoms with van der Waals surface area (Å²) in [5.74, 6) is 1.76. The molecule has 0 amide bonds. The fourth-order valence-corrected chi connectivity index (χ4v) is 3.85. The van der Waals surface area contributed by atoms with E-state index >= 15 is 0 Å². The van der Waals surface area contributed by atoms with Crippen LogP contribution in [0.2, 0.25) is 19.0 Å². The molecule has 1 saturated heterocycles. The van der Waals surface area contributed by atoms with Crippen LogP contribution in [-0.4, -0.2) is 6.71 Å². The van der Waals surface area contributed by atoms with E-state index in [1.807, 2.05) is 0 Å². The molecule has 0 aromatic rings. The lowest BCUT2D eigenvalue weighted by molar-refractivity contribution is 0.214. The first kappa shape index (κ1) is 11.0. The molecule has 1 saturated carbocycles. The molecule has 0 aromatic carbocycles. The Morgan fingerprint density at radius 2 is 2.20 bits per heavy atom. The molecule has 1 aliphatic carbocycles. The third-order valence-electron chi connectivity index (χ3n) is 4.56. The topological polar surface area (TPSA) is 0 Å². The fourth-order valence-electron chi connectivity index (χ4n) is 3.85. The van der Waals surface area contributed by atoms with Crippen LogP contribution in [0.15, 0.2) is 24.8 Å². The molecular weight excluding hydrogens is 179 g/mol. The van der Waals surface area contributed by atoms with E-state index in [1.165, 1.54) is 37.4 Å². The van der Waals surface area contributed by atoms with Crippen LogP contribution in [-0.2, 0) is 0 Å². The average molecular weight is 202 g/mol. The third kappa shape index (κ3) is 2.07. The highest BCUT2D eigenvalue weighted by molar-refractivity contribution is 6.59. The molecular formula is C14H23B. The van der Waals surface area contributed by atoms with Gasteiger partial charge >= 0.3 is 0 Å². The Balaban J connectivity index is 2.10. The van der Waals surface area contributed by atoms with Crippen LogP contribution < -0.4 is 0 Å². The Morgan fingerprint density at radius 1 is 1.47 bits per heavy atom. The monoisotopic (exact) mass is 202 g/mol. The van der Waals surface area contributed by atoms with Crippen molar-refractivity contribution in [3.05, 3.63) is 24.8 Å². The van der Waals surface area contributed by atoms with Crippen molar-refractivity contribution in [2.24, 2.45) is 17.3 Å². The van der Waals surface area contributed by atoms with Gasteiger partial charge in [0.1, 0.15) is 6.71 Å². The molecule has 1 heterocycles. The largest absolute Gasteiger partial charge is 0.144 e. The minimum Gasteiger partial charge on any atom is -0.104 e. The Kier molecular flexibility index (Phi) is 2.83. The number of hydrogen-bond donors (Lipinski definition) is 0. The molecule has 0 N–H and O–H groups in total. The van der Waals surface area contributed by atoms with Crippen molar-refractivity contribution in [2.45, 2.75) is 45.6 Å². The molecule has 0 spiro atoms. The van der Waals surface area contributed by atoms with Crippen molar-refractivity contribution >= 4 is 6.71 Å². The average Bonchev–Trinajstić information content (AvgIpc) is 2.14. The molecule has 2 atom stereocenters.